The Morgan fingerprint density at radius 3 is 1.03 bits per heavy atom. The van der Waals surface area contributed by atoms with Crippen molar-refractivity contribution in [2.45, 2.75) is 32.4 Å². The second kappa shape index (κ2) is 32.3. The quantitative estimate of drug-likeness (QED) is 0.0260. The van der Waals surface area contributed by atoms with Crippen LogP contribution in [-0.2, 0) is 32.4 Å². The summed E-state index contributed by atoms with van der Waals surface area (Å²) < 4.78 is 63.9. The summed E-state index contributed by atoms with van der Waals surface area (Å²) in [6, 6.07) is 50.1. The molecule has 26 heteroatoms. The molecule has 0 radical (unpaired) electrons. The van der Waals surface area contributed by atoms with Crippen molar-refractivity contribution in [2.75, 3.05) is 21.3 Å². The van der Waals surface area contributed by atoms with E-state index in [9.17, 15) is 41.1 Å². The first-order chi connectivity index (χ1) is 51.1. The summed E-state index contributed by atoms with van der Waals surface area (Å²) in [4.78, 5) is 97.9. The molecule has 0 saturated heterocycles. The van der Waals surface area contributed by atoms with E-state index in [0.717, 1.165) is 57.2 Å². The maximum atomic E-state index is 13.2. The molecule has 20 nitrogen and oxygen atoms in total. The van der Waals surface area contributed by atoms with E-state index in [-0.39, 0.29) is 34.8 Å². The summed E-state index contributed by atoms with van der Waals surface area (Å²) >= 11 is 1.70. The zero-order valence-corrected chi connectivity index (χ0v) is 56.0. The Labute approximate surface area is 598 Å². The van der Waals surface area contributed by atoms with Crippen LogP contribution in [0.15, 0.2) is 262 Å². The molecule has 0 aliphatic rings. The lowest BCUT2D eigenvalue weighted by molar-refractivity contribution is -0.137. The van der Waals surface area contributed by atoms with Gasteiger partial charge in [0.1, 0.15) is 57.5 Å². The molecule has 16 aromatic rings. The molecule has 0 fully saturated rings. The van der Waals surface area contributed by atoms with Gasteiger partial charge in [0, 0.05) is 165 Å². The van der Waals surface area contributed by atoms with Gasteiger partial charge in [-0.3, -0.25) is 19.2 Å². The minimum absolute atomic E-state index is 0.0634. The van der Waals surface area contributed by atoms with Gasteiger partial charge >= 0.3 is 6.18 Å². The topological polar surface area (TPSA) is 283 Å². The molecular weight excluding hydrogens is 1360 g/mol. The van der Waals surface area contributed by atoms with Gasteiger partial charge in [0.15, 0.2) is 23.1 Å². The largest absolute Gasteiger partial charge is 0.416 e. The van der Waals surface area contributed by atoms with Gasteiger partial charge in [-0.15, -0.1) is 11.3 Å². The molecule has 3 aromatic carbocycles. The van der Waals surface area contributed by atoms with E-state index in [1.165, 1.54) is 53.7 Å². The van der Waals surface area contributed by atoms with Crippen LogP contribution < -0.4 is 21.3 Å². The molecule has 0 aliphatic heterocycles. The van der Waals surface area contributed by atoms with Crippen molar-refractivity contribution in [3.05, 3.63) is 345 Å². The molecule has 105 heavy (non-hydrogen) atoms. The van der Waals surface area contributed by atoms with E-state index in [1.54, 1.807) is 152 Å². The van der Waals surface area contributed by atoms with Crippen molar-refractivity contribution in [1.29, 1.82) is 0 Å². The number of pyridine rings is 8. The van der Waals surface area contributed by atoms with Gasteiger partial charge < -0.3 is 41.2 Å². The second-order valence-electron chi connectivity index (χ2n) is 23.4. The number of carbonyl (C=O) groups excluding carboxylic acids is 4. The highest BCUT2D eigenvalue weighted by Crippen LogP contribution is 2.30. The lowest BCUT2D eigenvalue weighted by Gasteiger charge is -2.09. The minimum Gasteiger partial charge on any atom is -0.366 e. The van der Waals surface area contributed by atoms with Gasteiger partial charge in [-0.25, -0.2) is 48.7 Å². The number of hydrogen-bond acceptors (Lipinski definition) is 17. The summed E-state index contributed by atoms with van der Waals surface area (Å²) in [5.41, 5.74) is 8.71. The average Bonchev–Trinajstić information content (AvgIpc) is 1.69. The molecule has 0 atom stereocenters. The molecule has 0 aliphatic carbocycles. The molecule has 0 bridgehead atoms. The van der Waals surface area contributed by atoms with Crippen LogP contribution in [0.5, 0.6) is 0 Å². The number of ketones is 4. The predicted octanol–water partition coefficient (Wildman–Crippen LogP) is 16.6. The lowest BCUT2D eigenvalue weighted by atomic mass is 10.1. The third-order valence-electron chi connectivity index (χ3n) is 16.4. The van der Waals surface area contributed by atoms with Gasteiger partial charge in [0.25, 0.3) is 0 Å². The number of halogens is 5. The first-order valence-electron chi connectivity index (χ1n) is 32.5. The van der Waals surface area contributed by atoms with Crippen molar-refractivity contribution in [3.8, 4) is 0 Å². The molecule has 0 unspecified atom stereocenters. The van der Waals surface area contributed by atoms with Crippen LogP contribution in [0.4, 0.5) is 45.2 Å². The fraction of sp³-hybridized carbons (Fsp3) is 0.0633. The van der Waals surface area contributed by atoms with Crippen molar-refractivity contribution in [1.82, 2.24) is 59.8 Å². The highest BCUT2D eigenvalue weighted by Gasteiger charge is 2.30. The van der Waals surface area contributed by atoms with Crippen molar-refractivity contribution < 1.29 is 41.1 Å². The smallest absolute Gasteiger partial charge is 0.366 e. The van der Waals surface area contributed by atoms with Gasteiger partial charge in [-0.05, 0) is 162 Å². The number of nitrogens with zero attached hydrogens (tertiary/aromatic N) is 8. The van der Waals surface area contributed by atoms with Crippen LogP contribution in [0.25, 0.3) is 44.1 Å². The van der Waals surface area contributed by atoms with Crippen LogP contribution in [0.2, 0.25) is 0 Å². The Morgan fingerprint density at radius 1 is 0.352 bits per heavy atom. The number of rotatable bonds is 20. The van der Waals surface area contributed by atoms with Crippen molar-refractivity contribution in [3.63, 3.8) is 0 Å². The number of alkyl halides is 3. The number of aromatic nitrogens is 12. The highest BCUT2D eigenvalue weighted by atomic mass is 32.1. The second-order valence-corrected chi connectivity index (χ2v) is 24.4. The Hall–Kier alpha value is -13.8. The lowest BCUT2D eigenvalue weighted by Crippen LogP contribution is -2.06. The fourth-order valence-electron chi connectivity index (χ4n) is 11.0. The summed E-state index contributed by atoms with van der Waals surface area (Å²) in [7, 11) is 0. The van der Waals surface area contributed by atoms with Gasteiger partial charge in [-0.1, -0.05) is 42.5 Å². The van der Waals surface area contributed by atoms with E-state index in [4.69, 9.17) is 0 Å². The van der Waals surface area contributed by atoms with E-state index < -0.39 is 11.7 Å². The molecule has 0 saturated carbocycles. The monoisotopic (exact) mass is 1420 g/mol. The van der Waals surface area contributed by atoms with E-state index in [2.05, 4.69) is 87.1 Å². The molecule has 16 rings (SSSR count). The normalized spacial score (nSPS) is 11.0. The van der Waals surface area contributed by atoms with Gasteiger partial charge in [0.2, 0.25) is 0 Å². The Kier molecular flexibility index (Phi) is 21.4. The number of nitrogens with one attached hydrogen (secondary N) is 8. The van der Waals surface area contributed by atoms with Gasteiger partial charge in [0.05, 0.1) is 12.1 Å². The summed E-state index contributed by atoms with van der Waals surface area (Å²) in [5, 5.41) is 17.7. The van der Waals surface area contributed by atoms with Gasteiger partial charge in [-0.2, -0.15) is 13.2 Å². The summed E-state index contributed by atoms with van der Waals surface area (Å²) in [6.45, 7) is 2.01. The van der Waals surface area contributed by atoms with Crippen LogP contribution in [0.3, 0.4) is 0 Å². The van der Waals surface area contributed by atoms with E-state index >= 15 is 0 Å². The zero-order valence-electron chi connectivity index (χ0n) is 55.2. The summed E-state index contributed by atoms with van der Waals surface area (Å²) in [5.74, 6) is 1.53. The summed E-state index contributed by atoms with van der Waals surface area (Å²) in [6.07, 6.45) is 15.1. The van der Waals surface area contributed by atoms with E-state index in [0.29, 0.717) is 110 Å². The van der Waals surface area contributed by atoms with E-state index in [1.807, 2.05) is 53.9 Å². The first kappa shape index (κ1) is 69.7. The van der Waals surface area contributed by atoms with Crippen molar-refractivity contribution >= 4 is 102 Å². The number of benzene rings is 3. The van der Waals surface area contributed by atoms with Crippen LogP contribution in [0, 0.1) is 11.6 Å². The Morgan fingerprint density at radius 2 is 0.705 bits per heavy atom. The molecule has 0 amide bonds. The van der Waals surface area contributed by atoms with Crippen molar-refractivity contribution in [2.24, 2.45) is 0 Å². The minimum atomic E-state index is -4.35. The Balaban J connectivity index is 0.000000124. The number of H-pyrrole nitrogens is 4. The predicted molar refractivity (Wildman–Crippen MR) is 393 cm³/mol. The molecule has 520 valence electrons. The first-order valence-corrected chi connectivity index (χ1v) is 33.4. The SMILES string of the molecule is O=C(c1ccc(NCc2ccc(C(F)(F)F)cc2)nc1)c1c[nH]c2ncccc12.O=C(c1ccc(NCc2ccc(F)cc2)nc1)c1c[nH]c2ncccc12.O=C(c1ccc(NCc2cccc(F)c2)nc1)c1c[nH]c2ncccc12.O=C(c1ccc(NCc2cccs2)nc1)c1c[nH]c2ncccc12. The highest BCUT2D eigenvalue weighted by molar-refractivity contribution is 7.09. The van der Waals surface area contributed by atoms with Crippen LogP contribution in [0.1, 0.15) is 90.8 Å². The number of hydrogen-bond donors (Lipinski definition) is 8. The third kappa shape index (κ3) is 17.4. The zero-order chi connectivity index (χ0) is 72.7. The molecular formula is C79H59F5N16O4S. The fourth-order valence-corrected chi connectivity index (χ4v) is 11.6. The molecule has 8 N–H and O–H groups in total. The molecule has 0 spiro atoms. The number of fused-ring (bicyclic) bond motifs is 4. The standard InChI is InChI=1S/C21H15F3N4O.2C20H15FN4O.C18H14N4OS/c22-21(23,24)15-6-3-13(4-7-15)10-26-18-8-5-14(11-27-18)19(29)17-12-28-20-16(17)2-1-9-25-20;21-15-4-1-3-13(9-15)10-23-18-7-6-14(11-24-18)19(26)17-12-25-20-16(17)5-2-8-22-20;21-15-6-3-13(4-7-15)10-23-18-8-5-14(11-24-18)19(26)17-12-25-20-16(17)2-1-9-22-20;23-17(15-11-22-18-14(15)4-1-7-19-18)12-5-6-16(20-9-12)21-10-13-3-2-8-24-13/h1-9,11-12H,10H2,(H,25,28)(H,26,27);2*1-9,11-12H,10H2,(H,22,25)(H,23,24);1-9,11H,10H2,(H,19,22)(H,20,21). The van der Waals surface area contributed by atoms with Crippen LogP contribution in [-0.4, -0.2) is 82.9 Å². The molecule has 13 aromatic heterocycles. The average molecular weight is 1420 g/mol. The maximum absolute atomic E-state index is 13.2. The number of anilines is 4. The number of aromatic amines is 4. The maximum Gasteiger partial charge on any atom is 0.416 e. The number of thiophene rings is 1. The number of carbonyl (C=O) groups is 4. The molecule has 13 heterocycles. The van der Waals surface area contributed by atoms with Crippen LogP contribution >= 0.6 is 11.3 Å². The third-order valence-corrected chi connectivity index (χ3v) is 17.3. The Bertz CT molecular complexity index is 5660.